The number of anilines is 1. The predicted octanol–water partition coefficient (Wildman–Crippen LogP) is 2.51. The second kappa shape index (κ2) is 19.0. The third-order valence-electron chi connectivity index (χ3n) is 7.77. The highest BCUT2D eigenvalue weighted by Gasteiger charge is 2.33. The van der Waals surface area contributed by atoms with Gasteiger partial charge in [0.1, 0.15) is 12.1 Å². The van der Waals surface area contributed by atoms with Crippen LogP contribution in [-0.2, 0) is 25.6 Å². The van der Waals surface area contributed by atoms with E-state index in [2.05, 4.69) is 21.3 Å². The van der Waals surface area contributed by atoms with Gasteiger partial charge in [0, 0.05) is 30.0 Å². The van der Waals surface area contributed by atoms with Crippen LogP contribution in [-0.4, -0.2) is 81.8 Å². The van der Waals surface area contributed by atoms with E-state index < -0.39 is 59.9 Å². The summed E-state index contributed by atoms with van der Waals surface area (Å²) in [6.45, 7) is 9.31. The van der Waals surface area contributed by atoms with E-state index in [0.717, 1.165) is 10.4 Å². The number of carboxylic acid groups (broad SMARTS) is 2. The molecule has 2 rings (SSSR count). The number of carboxylic acids is 2. The largest absolute Gasteiger partial charge is 0.481 e. The molecule has 3 amide bonds. The Labute approximate surface area is 279 Å². The number of aliphatic carboxylic acids is 1. The summed E-state index contributed by atoms with van der Waals surface area (Å²) in [6, 6.07) is 4.52. The van der Waals surface area contributed by atoms with Gasteiger partial charge in [0.2, 0.25) is 17.7 Å². The summed E-state index contributed by atoms with van der Waals surface area (Å²) in [5.74, 6) is -4.18. The first-order valence-corrected chi connectivity index (χ1v) is 16.7. The molecule has 14 heteroatoms. The van der Waals surface area contributed by atoms with Gasteiger partial charge < -0.3 is 42.3 Å². The number of aryl methyl sites for hydroxylation is 1. The van der Waals surface area contributed by atoms with Crippen molar-refractivity contribution in [3.8, 4) is 0 Å². The summed E-state index contributed by atoms with van der Waals surface area (Å²) in [6.07, 6.45) is -0.355. The van der Waals surface area contributed by atoms with Crippen molar-refractivity contribution in [2.24, 2.45) is 17.6 Å². The van der Waals surface area contributed by atoms with Crippen molar-refractivity contribution in [3.63, 3.8) is 0 Å². The molecule has 2 aromatic rings. The van der Waals surface area contributed by atoms with Crippen molar-refractivity contribution < 1.29 is 39.3 Å². The average molecular weight is 676 g/mol. The molecule has 0 saturated heterocycles. The van der Waals surface area contributed by atoms with Crippen LogP contribution in [0.3, 0.4) is 0 Å². The van der Waals surface area contributed by atoms with Gasteiger partial charge >= 0.3 is 11.9 Å². The molecule has 0 aliphatic rings. The van der Waals surface area contributed by atoms with Crippen molar-refractivity contribution in [1.82, 2.24) is 16.0 Å². The minimum Gasteiger partial charge on any atom is -0.481 e. The molecule has 0 aliphatic carbocycles. The van der Waals surface area contributed by atoms with E-state index in [1.54, 1.807) is 26.0 Å². The van der Waals surface area contributed by atoms with E-state index in [1.165, 1.54) is 17.4 Å². The Kier molecular flexibility index (Phi) is 15.8. The number of benzene rings is 1. The fourth-order valence-corrected chi connectivity index (χ4v) is 5.70. The molecule has 0 bridgehead atoms. The lowest BCUT2D eigenvalue weighted by molar-refractivity contribution is -0.137. The van der Waals surface area contributed by atoms with Crippen LogP contribution in [0, 0.1) is 18.8 Å². The summed E-state index contributed by atoms with van der Waals surface area (Å²) in [7, 11) is 0. The molecule has 0 radical (unpaired) electrons. The Bertz CT molecular complexity index is 1350. The number of rotatable bonds is 20. The average Bonchev–Trinajstić information content (AvgIpc) is 3.52. The number of thiophene rings is 1. The number of carbonyl (C=O) groups is 5. The van der Waals surface area contributed by atoms with Crippen LogP contribution in [0.4, 0.5) is 5.69 Å². The summed E-state index contributed by atoms with van der Waals surface area (Å²) in [5.41, 5.74) is 7.24. The van der Waals surface area contributed by atoms with Crippen LogP contribution < -0.4 is 27.0 Å². The molecular weight excluding hydrogens is 626 g/mol. The highest BCUT2D eigenvalue weighted by molar-refractivity contribution is 7.09. The van der Waals surface area contributed by atoms with Crippen LogP contribution in [0.2, 0.25) is 0 Å². The lowest BCUT2D eigenvalue weighted by Crippen LogP contribution is -2.59. The Morgan fingerprint density at radius 2 is 1.66 bits per heavy atom. The number of aromatic carboxylic acids is 1. The topological polar surface area (TPSA) is 220 Å². The van der Waals surface area contributed by atoms with Crippen molar-refractivity contribution in [2.75, 3.05) is 11.9 Å². The minimum absolute atomic E-state index is 0.0202. The first-order chi connectivity index (χ1) is 22.1. The van der Waals surface area contributed by atoms with Gasteiger partial charge in [-0.25, -0.2) is 4.79 Å². The van der Waals surface area contributed by atoms with Crippen LogP contribution in [0.5, 0.6) is 0 Å². The maximum absolute atomic E-state index is 13.8. The van der Waals surface area contributed by atoms with Gasteiger partial charge in [-0.1, -0.05) is 40.2 Å². The first kappa shape index (κ1) is 39.2. The zero-order valence-corrected chi connectivity index (χ0v) is 28.4. The molecule has 260 valence electrons. The van der Waals surface area contributed by atoms with E-state index >= 15 is 0 Å². The number of aliphatic hydroxyl groups excluding tert-OH is 1. The molecule has 1 heterocycles. The molecule has 47 heavy (non-hydrogen) atoms. The third-order valence-corrected chi connectivity index (χ3v) is 8.67. The number of hydrogen-bond donors (Lipinski definition) is 8. The minimum atomic E-state index is -1.13. The van der Waals surface area contributed by atoms with Gasteiger partial charge in [-0.15, -0.1) is 11.3 Å². The van der Waals surface area contributed by atoms with Crippen molar-refractivity contribution in [3.05, 3.63) is 51.7 Å². The number of aliphatic hydroxyl groups is 1. The maximum atomic E-state index is 13.8. The van der Waals surface area contributed by atoms with Crippen LogP contribution in [0.1, 0.15) is 74.2 Å². The fraction of sp³-hybridized carbons (Fsp3) is 0.545. The second-order valence-electron chi connectivity index (χ2n) is 12.3. The van der Waals surface area contributed by atoms with E-state index in [-0.39, 0.29) is 43.2 Å². The normalized spacial score (nSPS) is 15.1. The summed E-state index contributed by atoms with van der Waals surface area (Å²) in [5, 5.41) is 42.8. The van der Waals surface area contributed by atoms with Gasteiger partial charge in [0.25, 0.3) is 0 Å². The fourth-order valence-electron chi connectivity index (χ4n) is 4.95. The molecule has 0 spiro atoms. The smallest absolute Gasteiger partial charge is 0.335 e. The number of nitrogens with two attached hydrogens (primary N) is 1. The molecule has 1 aromatic heterocycles. The lowest BCUT2D eigenvalue weighted by Gasteiger charge is -2.30. The van der Waals surface area contributed by atoms with Crippen LogP contribution in [0.15, 0.2) is 35.7 Å². The number of hydrogen-bond acceptors (Lipinski definition) is 9. The van der Waals surface area contributed by atoms with Gasteiger partial charge in [0.15, 0.2) is 0 Å². The van der Waals surface area contributed by atoms with E-state index in [1.807, 2.05) is 38.3 Å². The highest BCUT2D eigenvalue weighted by atomic mass is 32.1. The molecule has 0 unspecified atom stereocenters. The maximum Gasteiger partial charge on any atom is 0.335 e. The van der Waals surface area contributed by atoms with Crippen LogP contribution >= 0.6 is 11.3 Å². The summed E-state index contributed by atoms with van der Waals surface area (Å²) in [4.78, 5) is 63.4. The van der Waals surface area contributed by atoms with Crippen molar-refractivity contribution in [1.29, 1.82) is 0 Å². The Balaban J connectivity index is 2.24. The zero-order chi connectivity index (χ0) is 35.3. The van der Waals surface area contributed by atoms with E-state index in [4.69, 9.17) is 10.8 Å². The Morgan fingerprint density at radius 1 is 0.957 bits per heavy atom. The summed E-state index contributed by atoms with van der Waals surface area (Å²) >= 11 is 1.42. The predicted molar refractivity (Wildman–Crippen MR) is 180 cm³/mol. The van der Waals surface area contributed by atoms with Gasteiger partial charge in [-0.05, 0) is 66.8 Å². The van der Waals surface area contributed by atoms with Gasteiger partial charge in [-0.2, -0.15) is 0 Å². The second-order valence-corrected chi connectivity index (χ2v) is 13.4. The molecule has 6 atom stereocenters. The molecule has 13 nitrogen and oxygen atoms in total. The van der Waals surface area contributed by atoms with E-state index in [9.17, 15) is 34.2 Å². The molecule has 9 N–H and O–H groups in total. The first-order valence-electron chi connectivity index (χ1n) is 15.8. The third kappa shape index (κ3) is 13.3. The molecule has 1 aromatic carbocycles. The Morgan fingerprint density at radius 3 is 2.23 bits per heavy atom. The Hall–Kier alpha value is -4.01. The lowest BCUT2D eigenvalue weighted by atomic mass is 9.96. The molecule has 0 fully saturated rings. The number of amides is 3. The standard InChI is InChI=1S/C33H49N5O8S/c1-6-20(5)29(38-30(42)24(34)9-10-28(40)41)32(44)37-26(16-23-8-7-11-47-23)31(43)36-25(12-18(2)3)27(39)17-35-22-14-19(4)13-21(15-22)33(45)46/h7-8,11,13-15,18,20,24-27,29,35,39H,6,9-10,12,16-17,34H2,1-5H3,(H,36,43)(H,37,44)(H,38,42)(H,40,41)(H,45,46)/t20-,24-,25-,26-,27+,29-/m0/s1. The van der Waals surface area contributed by atoms with Gasteiger partial charge in [-0.3, -0.25) is 19.2 Å². The molecule has 0 saturated carbocycles. The molecule has 0 aliphatic heterocycles. The summed E-state index contributed by atoms with van der Waals surface area (Å²) < 4.78 is 0. The number of nitrogens with one attached hydrogen (secondary N) is 4. The highest BCUT2D eigenvalue weighted by Crippen LogP contribution is 2.18. The molecular formula is C33H49N5O8S. The van der Waals surface area contributed by atoms with Crippen LogP contribution in [0.25, 0.3) is 0 Å². The SMILES string of the molecule is CC[C@H](C)[C@H](NC(=O)[C@@H](N)CCC(=O)O)C(=O)N[C@@H](Cc1cccs1)C(=O)N[C@@H](CC(C)C)[C@H](O)CNc1cc(C)cc(C(=O)O)c1. The van der Waals surface area contributed by atoms with Gasteiger partial charge in [0.05, 0.1) is 23.8 Å². The monoisotopic (exact) mass is 675 g/mol. The van der Waals surface area contributed by atoms with E-state index in [0.29, 0.717) is 18.5 Å². The zero-order valence-electron chi connectivity index (χ0n) is 27.6. The quantitative estimate of drug-likeness (QED) is 0.102. The van der Waals surface area contributed by atoms with Crippen molar-refractivity contribution >= 4 is 46.7 Å². The number of carbonyl (C=O) groups excluding carboxylic acids is 3. The van der Waals surface area contributed by atoms with Crippen molar-refractivity contribution in [2.45, 2.75) is 97.0 Å².